The van der Waals surface area contributed by atoms with Gasteiger partial charge in [0, 0.05) is 11.0 Å². The minimum Gasteiger partial charge on any atom is -0.290 e. The monoisotopic (exact) mass is 247 g/mol. The molecule has 0 bridgehead atoms. The molecule has 0 saturated carbocycles. The van der Waals surface area contributed by atoms with Crippen LogP contribution in [-0.2, 0) is 4.79 Å². The lowest BCUT2D eigenvalue weighted by Crippen LogP contribution is -2.66. The van der Waals surface area contributed by atoms with Gasteiger partial charge in [0.05, 0.1) is 11.2 Å². The molecule has 18 heavy (non-hydrogen) atoms. The quantitative estimate of drug-likeness (QED) is 0.714. The molecule has 2 rings (SSSR count). The molecule has 1 aliphatic carbocycles. The van der Waals surface area contributed by atoms with Crippen LogP contribution in [0.4, 0.5) is 0 Å². The first-order valence-corrected chi connectivity index (χ1v) is 6.26. The highest BCUT2D eigenvalue weighted by Crippen LogP contribution is 2.56. The lowest BCUT2D eigenvalue weighted by atomic mass is 9.61. The molecule has 0 atom stereocenters. The molecule has 1 aliphatic heterocycles. The Morgan fingerprint density at radius 1 is 1.06 bits per heavy atom. The number of hydroxylamine groups is 2. The molecule has 0 aromatic carbocycles. The molecule has 3 nitrogen and oxygen atoms in total. The van der Waals surface area contributed by atoms with Crippen LogP contribution >= 0.6 is 0 Å². The van der Waals surface area contributed by atoms with Crippen LogP contribution in [0.1, 0.15) is 41.5 Å². The summed E-state index contributed by atoms with van der Waals surface area (Å²) in [4.78, 5) is 11.5. The van der Waals surface area contributed by atoms with Crippen LogP contribution in [0.3, 0.4) is 0 Å². The van der Waals surface area contributed by atoms with Gasteiger partial charge in [0.1, 0.15) is 0 Å². The molecule has 0 spiro atoms. The summed E-state index contributed by atoms with van der Waals surface area (Å²) in [6.45, 7) is 12.1. The third-order valence-corrected chi connectivity index (χ3v) is 4.61. The van der Waals surface area contributed by atoms with Crippen molar-refractivity contribution in [3.8, 4) is 0 Å². The molecule has 0 radical (unpaired) electrons. The topological polar surface area (TPSA) is 40.5 Å². The molecule has 98 valence electrons. The highest BCUT2D eigenvalue weighted by atomic mass is 16.5. The standard InChI is InChI=1S/C15H21NO2/c1-9-7-11(17)8-10(2)12(9)13-14(3,4)15(5,6)16(13)18/h7-8,18H,1-6H3. The molecular formula is C15H21NO2. The molecule has 2 aliphatic rings. The second-order valence-corrected chi connectivity index (χ2v) is 6.28. The maximum atomic E-state index is 11.5. The molecule has 0 aromatic heterocycles. The summed E-state index contributed by atoms with van der Waals surface area (Å²) < 4.78 is 0. The third kappa shape index (κ3) is 1.43. The fourth-order valence-electron chi connectivity index (χ4n) is 2.76. The van der Waals surface area contributed by atoms with Crippen molar-refractivity contribution in [1.82, 2.24) is 5.06 Å². The SMILES string of the molecule is CC1=CC(=O)C=C(C)C1=C1N(O)C(C)(C)C1(C)C. The van der Waals surface area contributed by atoms with E-state index in [0.717, 1.165) is 22.4 Å². The fourth-order valence-corrected chi connectivity index (χ4v) is 2.76. The van der Waals surface area contributed by atoms with Gasteiger partial charge in [-0.2, -0.15) is 0 Å². The van der Waals surface area contributed by atoms with E-state index in [9.17, 15) is 10.0 Å². The number of carbonyl (C=O) groups is 1. The van der Waals surface area contributed by atoms with Crippen molar-refractivity contribution in [2.45, 2.75) is 47.1 Å². The zero-order valence-electron chi connectivity index (χ0n) is 12.0. The second kappa shape index (κ2) is 3.58. The van der Waals surface area contributed by atoms with Crippen LogP contribution in [-0.4, -0.2) is 21.6 Å². The van der Waals surface area contributed by atoms with Gasteiger partial charge in [-0.3, -0.25) is 15.1 Å². The maximum absolute atomic E-state index is 11.5. The van der Waals surface area contributed by atoms with E-state index < -0.39 is 0 Å². The van der Waals surface area contributed by atoms with Gasteiger partial charge in [-0.05, 0) is 51.0 Å². The van der Waals surface area contributed by atoms with E-state index in [1.54, 1.807) is 12.2 Å². The Kier molecular flexibility index (Phi) is 2.60. The highest BCUT2D eigenvalue weighted by molar-refractivity contribution is 6.03. The lowest BCUT2D eigenvalue weighted by Gasteiger charge is -2.61. The summed E-state index contributed by atoms with van der Waals surface area (Å²) in [5.74, 6) is 0.0234. The van der Waals surface area contributed by atoms with Gasteiger partial charge in [-0.1, -0.05) is 13.8 Å². The van der Waals surface area contributed by atoms with E-state index in [2.05, 4.69) is 13.8 Å². The predicted molar refractivity (Wildman–Crippen MR) is 71.0 cm³/mol. The molecular weight excluding hydrogens is 226 g/mol. The van der Waals surface area contributed by atoms with Gasteiger partial charge >= 0.3 is 0 Å². The average Bonchev–Trinajstić information content (AvgIpc) is 2.21. The molecule has 1 saturated heterocycles. The van der Waals surface area contributed by atoms with Crippen molar-refractivity contribution in [2.75, 3.05) is 0 Å². The zero-order chi connectivity index (χ0) is 13.9. The van der Waals surface area contributed by atoms with E-state index in [4.69, 9.17) is 0 Å². The molecule has 1 fully saturated rings. The first-order chi connectivity index (χ1) is 8.10. The van der Waals surface area contributed by atoms with Gasteiger partial charge in [0.2, 0.25) is 0 Å². The molecule has 1 heterocycles. The zero-order valence-corrected chi connectivity index (χ0v) is 12.0. The number of rotatable bonds is 0. The molecule has 0 unspecified atom stereocenters. The summed E-state index contributed by atoms with van der Waals surface area (Å²) in [7, 11) is 0. The summed E-state index contributed by atoms with van der Waals surface area (Å²) >= 11 is 0. The Bertz CT molecular complexity index is 495. The van der Waals surface area contributed by atoms with Crippen molar-refractivity contribution < 1.29 is 10.0 Å². The predicted octanol–water partition coefficient (Wildman–Crippen LogP) is 3.23. The smallest absolute Gasteiger partial charge is 0.179 e. The number of hydrogen-bond donors (Lipinski definition) is 1. The Morgan fingerprint density at radius 3 is 1.89 bits per heavy atom. The van der Waals surface area contributed by atoms with Crippen molar-refractivity contribution in [1.29, 1.82) is 0 Å². The first kappa shape index (κ1) is 13.1. The van der Waals surface area contributed by atoms with Gasteiger partial charge < -0.3 is 0 Å². The second-order valence-electron chi connectivity index (χ2n) is 6.28. The largest absolute Gasteiger partial charge is 0.290 e. The highest BCUT2D eigenvalue weighted by Gasteiger charge is 2.58. The summed E-state index contributed by atoms with van der Waals surface area (Å²) in [5, 5.41) is 11.6. The van der Waals surface area contributed by atoms with Crippen LogP contribution in [0.15, 0.2) is 34.6 Å². The first-order valence-electron chi connectivity index (χ1n) is 6.26. The van der Waals surface area contributed by atoms with E-state index in [-0.39, 0.29) is 16.7 Å². The van der Waals surface area contributed by atoms with Crippen molar-refractivity contribution in [3.63, 3.8) is 0 Å². The number of ketones is 1. The Hall–Kier alpha value is -1.35. The molecule has 3 heteroatoms. The summed E-state index contributed by atoms with van der Waals surface area (Å²) in [6.07, 6.45) is 3.26. The Balaban J connectivity index is 2.61. The number of nitrogens with zero attached hydrogens (tertiary/aromatic N) is 1. The van der Waals surface area contributed by atoms with Crippen LogP contribution in [0.5, 0.6) is 0 Å². The van der Waals surface area contributed by atoms with Crippen molar-refractivity contribution in [2.24, 2.45) is 5.41 Å². The van der Waals surface area contributed by atoms with Gasteiger partial charge in [0.15, 0.2) is 5.78 Å². The van der Waals surface area contributed by atoms with Gasteiger partial charge in [-0.25, -0.2) is 0 Å². The normalized spacial score (nSPS) is 25.7. The van der Waals surface area contributed by atoms with Crippen molar-refractivity contribution >= 4 is 5.78 Å². The minimum absolute atomic E-state index is 0.0234. The Morgan fingerprint density at radius 2 is 1.50 bits per heavy atom. The van der Waals surface area contributed by atoms with E-state index in [1.807, 2.05) is 27.7 Å². The molecule has 0 amide bonds. The number of allylic oxidation sites excluding steroid dienone is 5. The fraction of sp³-hybridized carbons (Fsp3) is 0.533. The third-order valence-electron chi connectivity index (χ3n) is 4.61. The van der Waals surface area contributed by atoms with Crippen LogP contribution in [0.2, 0.25) is 0 Å². The van der Waals surface area contributed by atoms with E-state index >= 15 is 0 Å². The summed E-state index contributed by atoms with van der Waals surface area (Å²) in [6, 6.07) is 0. The summed E-state index contributed by atoms with van der Waals surface area (Å²) in [5.41, 5.74) is 3.35. The number of carbonyl (C=O) groups excluding carboxylic acids is 1. The van der Waals surface area contributed by atoms with Gasteiger partial charge in [0.25, 0.3) is 0 Å². The van der Waals surface area contributed by atoms with Gasteiger partial charge in [-0.15, -0.1) is 0 Å². The molecule has 1 N–H and O–H groups in total. The van der Waals surface area contributed by atoms with Crippen LogP contribution < -0.4 is 0 Å². The lowest BCUT2D eigenvalue weighted by molar-refractivity contribution is -0.244. The van der Waals surface area contributed by atoms with Crippen LogP contribution in [0, 0.1) is 5.41 Å². The van der Waals surface area contributed by atoms with Crippen molar-refractivity contribution in [3.05, 3.63) is 34.6 Å². The number of hydrogen-bond acceptors (Lipinski definition) is 3. The average molecular weight is 247 g/mol. The van der Waals surface area contributed by atoms with E-state index in [1.165, 1.54) is 5.06 Å². The Labute approximate surface area is 108 Å². The molecule has 0 aromatic rings. The van der Waals surface area contributed by atoms with Crippen LogP contribution in [0.25, 0.3) is 0 Å². The maximum Gasteiger partial charge on any atom is 0.179 e. The van der Waals surface area contributed by atoms with E-state index in [0.29, 0.717) is 0 Å². The minimum atomic E-state index is -0.294.